The number of hydrogen-bond acceptors (Lipinski definition) is 4. The van der Waals surface area contributed by atoms with Gasteiger partial charge in [0.2, 0.25) is 5.89 Å². The normalized spacial score (nSPS) is 16.5. The largest absolute Gasteiger partial charge is 0.444 e. The number of halogens is 1. The number of nitrogens with zero attached hydrogens (tertiary/aromatic N) is 3. The zero-order chi connectivity index (χ0) is 18.7. The Balaban J connectivity index is 1.61. The highest BCUT2D eigenvalue weighted by Gasteiger charge is 2.23. The van der Waals surface area contributed by atoms with Crippen molar-refractivity contribution in [1.82, 2.24) is 14.8 Å². The molecule has 1 aromatic carbocycles. The van der Waals surface area contributed by atoms with Gasteiger partial charge in [0.15, 0.2) is 0 Å². The Morgan fingerprint density at radius 3 is 2.65 bits per heavy atom. The predicted molar refractivity (Wildman–Crippen MR) is 110 cm³/mol. The fourth-order valence-electron chi connectivity index (χ4n) is 3.06. The molecule has 1 fully saturated rings. The molecule has 1 saturated heterocycles. The molecule has 1 amide bonds. The van der Waals surface area contributed by atoms with Crippen LogP contribution in [0.5, 0.6) is 0 Å². The van der Waals surface area contributed by atoms with E-state index in [-0.39, 0.29) is 11.3 Å². The van der Waals surface area contributed by atoms with Gasteiger partial charge in [-0.2, -0.15) is 0 Å². The summed E-state index contributed by atoms with van der Waals surface area (Å²) in [5.74, 6) is 1.80. The topological polar surface area (TPSA) is 49.6 Å². The third kappa shape index (κ3) is 4.65. The standard InChI is InChI=1S/C20H26IN3O2/c1-20(2,3)17-13-22-18(26-17)14-23-9-6-10-24(12-11-23)19(25)15-7-4-5-8-16(15)21/h4-5,7-8,13H,6,9-12,14H2,1-3H3. The lowest BCUT2D eigenvalue weighted by atomic mass is 9.94. The van der Waals surface area contributed by atoms with Gasteiger partial charge in [-0.25, -0.2) is 4.98 Å². The van der Waals surface area contributed by atoms with Crippen molar-refractivity contribution in [1.29, 1.82) is 0 Å². The zero-order valence-electron chi connectivity index (χ0n) is 15.7. The first kappa shape index (κ1) is 19.4. The Labute approximate surface area is 168 Å². The minimum absolute atomic E-state index is 0.0277. The molecule has 0 unspecified atom stereocenters. The summed E-state index contributed by atoms with van der Waals surface area (Å²) >= 11 is 2.23. The van der Waals surface area contributed by atoms with Crippen molar-refractivity contribution >= 4 is 28.5 Å². The van der Waals surface area contributed by atoms with Crippen molar-refractivity contribution in [3.05, 3.63) is 51.2 Å². The van der Waals surface area contributed by atoms with E-state index >= 15 is 0 Å². The molecule has 0 saturated carbocycles. The summed E-state index contributed by atoms with van der Waals surface area (Å²) in [6.45, 7) is 10.4. The van der Waals surface area contributed by atoms with Crippen LogP contribution in [0.15, 0.2) is 34.9 Å². The fourth-order valence-corrected chi connectivity index (χ4v) is 3.68. The van der Waals surface area contributed by atoms with Gasteiger partial charge in [-0.05, 0) is 41.1 Å². The van der Waals surface area contributed by atoms with Crippen LogP contribution in [-0.2, 0) is 12.0 Å². The van der Waals surface area contributed by atoms with Crippen LogP contribution in [0, 0.1) is 3.57 Å². The van der Waals surface area contributed by atoms with Crippen LogP contribution in [0.3, 0.4) is 0 Å². The molecule has 0 spiro atoms. The highest BCUT2D eigenvalue weighted by molar-refractivity contribution is 14.1. The molecule has 1 aliphatic heterocycles. The molecule has 0 N–H and O–H groups in total. The predicted octanol–water partition coefficient (Wildman–Crippen LogP) is 3.92. The first-order valence-corrected chi connectivity index (χ1v) is 10.1. The third-order valence-electron chi connectivity index (χ3n) is 4.63. The molecule has 26 heavy (non-hydrogen) atoms. The number of oxazole rings is 1. The van der Waals surface area contributed by atoms with E-state index in [2.05, 4.69) is 53.2 Å². The number of hydrogen-bond donors (Lipinski definition) is 0. The first-order chi connectivity index (χ1) is 12.3. The Morgan fingerprint density at radius 2 is 1.96 bits per heavy atom. The number of amides is 1. The number of rotatable bonds is 3. The lowest BCUT2D eigenvalue weighted by molar-refractivity contribution is 0.0759. The Morgan fingerprint density at radius 1 is 1.19 bits per heavy atom. The molecule has 6 heteroatoms. The van der Waals surface area contributed by atoms with Gasteiger partial charge in [-0.15, -0.1) is 0 Å². The summed E-state index contributed by atoms with van der Waals surface area (Å²) in [6, 6.07) is 7.78. The summed E-state index contributed by atoms with van der Waals surface area (Å²) in [4.78, 5) is 21.5. The molecule has 0 radical (unpaired) electrons. The smallest absolute Gasteiger partial charge is 0.254 e. The van der Waals surface area contributed by atoms with Crippen molar-refractivity contribution in [3.63, 3.8) is 0 Å². The molecule has 0 bridgehead atoms. The summed E-state index contributed by atoms with van der Waals surface area (Å²) in [6.07, 6.45) is 2.79. The van der Waals surface area contributed by atoms with Crippen LogP contribution in [0.4, 0.5) is 0 Å². The summed E-state index contributed by atoms with van der Waals surface area (Å²) in [5.41, 5.74) is 0.768. The van der Waals surface area contributed by atoms with Gasteiger partial charge >= 0.3 is 0 Å². The summed E-state index contributed by atoms with van der Waals surface area (Å²) in [5, 5.41) is 0. The maximum atomic E-state index is 12.8. The Bertz CT molecular complexity index is 766. The molecular weight excluding hydrogens is 441 g/mol. The average molecular weight is 467 g/mol. The maximum Gasteiger partial charge on any atom is 0.254 e. The van der Waals surface area contributed by atoms with E-state index in [4.69, 9.17) is 4.42 Å². The second kappa shape index (κ2) is 8.08. The molecular formula is C20H26IN3O2. The second-order valence-electron chi connectivity index (χ2n) is 7.77. The number of aromatic nitrogens is 1. The van der Waals surface area contributed by atoms with E-state index in [0.717, 1.165) is 53.4 Å². The summed E-state index contributed by atoms with van der Waals surface area (Å²) in [7, 11) is 0. The van der Waals surface area contributed by atoms with Gasteiger partial charge < -0.3 is 9.32 Å². The molecule has 3 rings (SSSR count). The van der Waals surface area contributed by atoms with E-state index in [1.54, 1.807) is 0 Å². The van der Waals surface area contributed by atoms with E-state index in [1.165, 1.54) is 0 Å². The van der Waals surface area contributed by atoms with Crippen molar-refractivity contribution in [3.8, 4) is 0 Å². The zero-order valence-corrected chi connectivity index (χ0v) is 17.8. The lowest BCUT2D eigenvalue weighted by Crippen LogP contribution is -2.35. The maximum absolute atomic E-state index is 12.8. The third-order valence-corrected chi connectivity index (χ3v) is 5.57. The average Bonchev–Trinajstić information content (AvgIpc) is 2.94. The molecule has 1 aliphatic rings. The van der Waals surface area contributed by atoms with Crippen LogP contribution in [-0.4, -0.2) is 46.9 Å². The van der Waals surface area contributed by atoms with Crippen LogP contribution < -0.4 is 0 Å². The number of carbonyl (C=O) groups excluding carboxylic acids is 1. The van der Waals surface area contributed by atoms with Gasteiger partial charge in [0, 0.05) is 35.2 Å². The minimum Gasteiger partial charge on any atom is -0.444 e. The highest BCUT2D eigenvalue weighted by atomic mass is 127. The first-order valence-electron chi connectivity index (χ1n) is 9.06. The van der Waals surface area contributed by atoms with Gasteiger partial charge in [-0.3, -0.25) is 9.69 Å². The van der Waals surface area contributed by atoms with Crippen LogP contribution in [0.25, 0.3) is 0 Å². The molecule has 1 aromatic heterocycles. The van der Waals surface area contributed by atoms with Gasteiger partial charge in [0.05, 0.1) is 18.3 Å². The van der Waals surface area contributed by atoms with Crippen molar-refractivity contribution in [2.75, 3.05) is 26.2 Å². The lowest BCUT2D eigenvalue weighted by Gasteiger charge is -2.22. The van der Waals surface area contributed by atoms with Crippen molar-refractivity contribution < 1.29 is 9.21 Å². The van der Waals surface area contributed by atoms with Crippen molar-refractivity contribution in [2.24, 2.45) is 0 Å². The Kier molecular flexibility index (Phi) is 6.02. The molecule has 2 aromatic rings. The van der Waals surface area contributed by atoms with E-state index in [0.29, 0.717) is 6.54 Å². The van der Waals surface area contributed by atoms with Gasteiger partial charge in [0.1, 0.15) is 5.76 Å². The van der Waals surface area contributed by atoms with Crippen LogP contribution >= 0.6 is 22.6 Å². The van der Waals surface area contributed by atoms with E-state index in [9.17, 15) is 4.79 Å². The highest BCUT2D eigenvalue weighted by Crippen LogP contribution is 2.23. The molecule has 140 valence electrons. The van der Waals surface area contributed by atoms with Crippen LogP contribution in [0.2, 0.25) is 0 Å². The molecule has 5 nitrogen and oxygen atoms in total. The quantitative estimate of drug-likeness (QED) is 0.643. The van der Waals surface area contributed by atoms with Gasteiger partial charge in [0.25, 0.3) is 5.91 Å². The SMILES string of the molecule is CC(C)(C)c1cnc(CN2CCCN(C(=O)c3ccccc3I)CC2)o1. The molecule has 2 heterocycles. The minimum atomic E-state index is -0.0277. The Hall–Kier alpha value is -1.41. The van der Waals surface area contributed by atoms with Crippen molar-refractivity contribution in [2.45, 2.75) is 39.2 Å². The number of benzene rings is 1. The molecule has 0 aliphatic carbocycles. The van der Waals surface area contributed by atoms with E-state index < -0.39 is 0 Å². The second-order valence-corrected chi connectivity index (χ2v) is 8.93. The number of carbonyl (C=O) groups is 1. The van der Waals surface area contributed by atoms with E-state index in [1.807, 2.05) is 35.4 Å². The monoisotopic (exact) mass is 467 g/mol. The molecule has 0 atom stereocenters. The fraction of sp³-hybridized carbons (Fsp3) is 0.500. The van der Waals surface area contributed by atoms with Gasteiger partial charge in [-0.1, -0.05) is 32.9 Å². The summed E-state index contributed by atoms with van der Waals surface area (Å²) < 4.78 is 6.92. The van der Waals surface area contributed by atoms with Crippen LogP contribution in [0.1, 0.15) is 49.2 Å².